The summed E-state index contributed by atoms with van der Waals surface area (Å²) in [7, 11) is 0. The van der Waals surface area contributed by atoms with Gasteiger partial charge in [-0.3, -0.25) is 4.79 Å². The summed E-state index contributed by atoms with van der Waals surface area (Å²) in [6.07, 6.45) is 1.94. The Balaban J connectivity index is 1.67. The van der Waals surface area contributed by atoms with E-state index in [-0.39, 0.29) is 17.7 Å². The summed E-state index contributed by atoms with van der Waals surface area (Å²) in [5.41, 5.74) is 1.06. The predicted molar refractivity (Wildman–Crippen MR) is 81.4 cm³/mol. The van der Waals surface area contributed by atoms with E-state index in [1.807, 2.05) is 17.0 Å². The fourth-order valence-corrected chi connectivity index (χ4v) is 3.46. The fraction of sp³-hybridized carbons (Fsp3) is 0.533. The van der Waals surface area contributed by atoms with Crippen LogP contribution in [0.2, 0.25) is 10.0 Å². The molecule has 1 N–H and O–H groups in total. The zero-order valence-electron chi connectivity index (χ0n) is 11.2. The maximum Gasteiger partial charge on any atom is 0.226 e. The van der Waals surface area contributed by atoms with E-state index in [0.717, 1.165) is 44.6 Å². The molecule has 1 aliphatic carbocycles. The Kier molecular flexibility index (Phi) is 4.20. The molecule has 3 rings (SSSR count). The molecule has 3 nitrogen and oxygen atoms in total. The van der Waals surface area contributed by atoms with Crippen molar-refractivity contribution in [2.24, 2.45) is 5.92 Å². The molecule has 1 heterocycles. The van der Waals surface area contributed by atoms with Crippen LogP contribution in [0, 0.1) is 5.92 Å². The molecule has 1 amide bonds. The molecule has 2 unspecified atom stereocenters. The number of hydrogen-bond donors (Lipinski definition) is 1. The molecule has 1 aromatic carbocycles. The number of hydrogen-bond acceptors (Lipinski definition) is 2. The maximum atomic E-state index is 12.5. The number of amides is 1. The molecule has 108 valence electrons. The van der Waals surface area contributed by atoms with Crippen LogP contribution in [-0.2, 0) is 4.79 Å². The average Bonchev–Trinajstić information content (AvgIpc) is 3.22. The second kappa shape index (κ2) is 5.92. The minimum atomic E-state index is 0.103. The number of nitrogens with one attached hydrogen (secondary N) is 1. The van der Waals surface area contributed by atoms with E-state index in [9.17, 15) is 4.79 Å². The lowest BCUT2D eigenvalue weighted by Crippen LogP contribution is -2.35. The van der Waals surface area contributed by atoms with Gasteiger partial charge in [-0.25, -0.2) is 0 Å². The Bertz CT molecular complexity index is 513. The molecular formula is C15H18Cl2N2O. The Labute approximate surface area is 129 Å². The molecule has 2 atom stereocenters. The molecule has 1 aromatic rings. The minimum Gasteiger partial charge on any atom is -0.341 e. The second-order valence-electron chi connectivity index (χ2n) is 5.54. The van der Waals surface area contributed by atoms with Gasteiger partial charge in [-0.2, -0.15) is 0 Å². The van der Waals surface area contributed by atoms with Gasteiger partial charge in [0.2, 0.25) is 5.91 Å². The summed E-state index contributed by atoms with van der Waals surface area (Å²) in [5, 5.41) is 4.64. The van der Waals surface area contributed by atoms with Gasteiger partial charge >= 0.3 is 0 Å². The topological polar surface area (TPSA) is 32.3 Å². The maximum absolute atomic E-state index is 12.5. The highest BCUT2D eigenvalue weighted by atomic mass is 35.5. The Hall–Kier alpha value is -0.770. The van der Waals surface area contributed by atoms with Crippen molar-refractivity contribution in [1.82, 2.24) is 10.2 Å². The van der Waals surface area contributed by atoms with Gasteiger partial charge in [-0.05, 0) is 43.0 Å². The molecule has 2 fully saturated rings. The van der Waals surface area contributed by atoms with Crippen LogP contribution in [0.25, 0.3) is 0 Å². The largest absolute Gasteiger partial charge is 0.341 e. The van der Waals surface area contributed by atoms with E-state index in [1.165, 1.54) is 0 Å². The molecule has 0 spiro atoms. The number of carbonyl (C=O) groups excluding carboxylic acids is 1. The molecule has 0 aromatic heterocycles. The van der Waals surface area contributed by atoms with Gasteiger partial charge in [0, 0.05) is 35.6 Å². The second-order valence-corrected chi connectivity index (χ2v) is 6.39. The molecule has 20 heavy (non-hydrogen) atoms. The quantitative estimate of drug-likeness (QED) is 0.910. The molecule has 1 aliphatic heterocycles. The summed E-state index contributed by atoms with van der Waals surface area (Å²) in [6, 6.07) is 5.55. The zero-order chi connectivity index (χ0) is 14.1. The van der Waals surface area contributed by atoms with Crippen LogP contribution in [-0.4, -0.2) is 37.0 Å². The van der Waals surface area contributed by atoms with Gasteiger partial charge in [0.05, 0.1) is 0 Å². The summed E-state index contributed by atoms with van der Waals surface area (Å²) < 4.78 is 0. The molecule has 0 radical (unpaired) electrons. The van der Waals surface area contributed by atoms with Crippen molar-refractivity contribution in [2.75, 3.05) is 26.2 Å². The third-order valence-electron chi connectivity index (χ3n) is 4.12. The number of halogens is 2. The van der Waals surface area contributed by atoms with Gasteiger partial charge in [-0.15, -0.1) is 0 Å². The molecule has 5 heteroatoms. The highest BCUT2D eigenvalue weighted by Gasteiger charge is 2.46. The van der Waals surface area contributed by atoms with E-state index in [4.69, 9.17) is 23.2 Å². The smallest absolute Gasteiger partial charge is 0.226 e. The van der Waals surface area contributed by atoms with Crippen molar-refractivity contribution >= 4 is 29.1 Å². The van der Waals surface area contributed by atoms with Crippen LogP contribution in [0.1, 0.15) is 24.3 Å². The van der Waals surface area contributed by atoms with Crippen molar-refractivity contribution in [3.05, 3.63) is 33.8 Å². The number of nitrogens with zero attached hydrogens (tertiary/aromatic N) is 1. The first-order valence-electron chi connectivity index (χ1n) is 7.11. The van der Waals surface area contributed by atoms with E-state index in [2.05, 4.69) is 5.32 Å². The summed E-state index contributed by atoms with van der Waals surface area (Å²) in [6.45, 7) is 3.57. The zero-order valence-corrected chi connectivity index (χ0v) is 12.8. The lowest BCUT2D eigenvalue weighted by Gasteiger charge is -2.20. The monoisotopic (exact) mass is 312 g/mol. The van der Waals surface area contributed by atoms with Crippen LogP contribution in [0.5, 0.6) is 0 Å². The molecule has 1 saturated carbocycles. The van der Waals surface area contributed by atoms with Crippen molar-refractivity contribution < 1.29 is 4.79 Å². The van der Waals surface area contributed by atoms with Crippen LogP contribution in [0.3, 0.4) is 0 Å². The Morgan fingerprint density at radius 1 is 1.25 bits per heavy atom. The molecular weight excluding hydrogens is 295 g/mol. The van der Waals surface area contributed by atoms with Gasteiger partial charge in [-0.1, -0.05) is 29.3 Å². The fourth-order valence-electron chi connectivity index (χ4n) is 2.91. The highest BCUT2D eigenvalue weighted by molar-refractivity contribution is 6.35. The summed E-state index contributed by atoms with van der Waals surface area (Å²) >= 11 is 12.1. The van der Waals surface area contributed by atoms with Crippen molar-refractivity contribution in [3.63, 3.8) is 0 Å². The molecule has 0 bridgehead atoms. The van der Waals surface area contributed by atoms with Crippen LogP contribution in [0.4, 0.5) is 0 Å². The predicted octanol–water partition coefficient (Wildman–Crippen LogP) is 2.92. The number of benzene rings is 1. The van der Waals surface area contributed by atoms with Crippen molar-refractivity contribution in [2.45, 2.75) is 18.8 Å². The normalized spacial score (nSPS) is 26.2. The van der Waals surface area contributed by atoms with Gasteiger partial charge < -0.3 is 10.2 Å². The van der Waals surface area contributed by atoms with Crippen LogP contribution < -0.4 is 5.32 Å². The van der Waals surface area contributed by atoms with E-state index in [0.29, 0.717) is 10.0 Å². The standard InChI is InChI=1S/C15H18Cl2N2O/c16-10-2-3-11(14(17)8-10)12-9-13(12)15(20)19-6-1-4-18-5-7-19/h2-3,8,12-13,18H,1,4-7,9H2. The Morgan fingerprint density at radius 3 is 2.90 bits per heavy atom. The average molecular weight is 313 g/mol. The molecule has 1 saturated heterocycles. The lowest BCUT2D eigenvalue weighted by molar-refractivity contribution is -0.132. The van der Waals surface area contributed by atoms with E-state index in [1.54, 1.807) is 6.07 Å². The first-order valence-corrected chi connectivity index (χ1v) is 7.87. The van der Waals surface area contributed by atoms with Gasteiger partial charge in [0.15, 0.2) is 0 Å². The van der Waals surface area contributed by atoms with E-state index < -0.39 is 0 Å². The van der Waals surface area contributed by atoms with Crippen molar-refractivity contribution in [3.8, 4) is 0 Å². The van der Waals surface area contributed by atoms with Gasteiger partial charge in [0.1, 0.15) is 0 Å². The van der Waals surface area contributed by atoms with Crippen LogP contribution in [0.15, 0.2) is 18.2 Å². The van der Waals surface area contributed by atoms with Crippen molar-refractivity contribution in [1.29, 1.82) is 0 Å². The SMILES string of the molecule is O=C(C1CC1c1ccc(Cl)cc1Cl)N1CCCNCC1. The van der Waals surface area contributed by atoms with Gasteiger partial charge in [0.25, 0.3) is 0 Å². The summed E-state index contributed by atoms with van der Waals surface area (Å²) in [5.74, 6) is 0.653. The third kappa shape index (κ3) is 2.95. The Morgan fingerprint density at radius 2 is 2.10 bits per heavy atom. The first-order chi connectivity index (χ1) is 9.66. The highest BCUT2D eigenvalue weighted by Crippen LogP contribution is 2.50. The first kappa shape index (κ1) is 14.2. The molecule has 2 aliphatic rings. The minimum absolute atomic E-state index is 0.103. The third-order valence-corrected chi connectivity index (χ3v) is 4.68. The van der Waals surface area contributed by atoms with E-state index >= 15 is 0 Å². The summed E-state index contributed by atoms with van der Waals surface area (Å²) in [4.78, 5) is 14.5. The lowest BCUT2D eigenvalue weighted by atomic mass is 10.1. The van der Waals surface area contributed by atoms with Crippen LogP contribution >= 0.6 is 23.2 Å². The number of rotatable bonds is 2. The number of carbonyl (C=O) groups is 1.